The van der Waals surface area contributed by atoms with E-state index in [0.29, 0.717) is 0 Å². The number of hydrogen-bond acceptors (Lipinski definition) is 6. The summed E-state index contributed by atoms with van der Waals surface area (Å²) in [6.07, 6.45) is 8.37. The topological polar surface area (TPSA) is 94.3 Å². The first-order valence-electron chi connectivity index (χ1n) is 18.3. The zero-order chi connectivity index (χ0) is 38.2. The Morgan fingerprint density at radius 2 is 0.526 bits per heavy atom. The fourth-order valence-corrected chi connectivity index (χ4v) is 7.45. The smallest absolute Gasteiger partial charge is 0.497 e. The fourth-order valence-electron chi connectivity index (χ4n) is 7.45. The minimum atomic E-state index is 0. The Balaban J connectivity index is 0.00000455. The van der Waals surface area contributed by atoms with Crippen molar-refractivity contribution in [3.05, 3.63) is 144 Å². The molecule has 0 aliphatic carbocycles. The third-order valence-electron chi connectivity index (χ3n) is 10.3. The summed E-state index contributed by atoms with van der Waals surface area (Å²) in [6, 6.07) is 40.9. The third kappa shape index (κ3) is 6.99. The Kier molecular flexibility index (Phi) is 10.3. The molecule has 2 N–H and O–H groups in total. The molecule has 0 unspecified atom stereocenters. The van der Waals surface area contributed by atoms with Crippen LogP contribution >= 0.6 is 0 Å². The fraction of sp³-hybridized carbons (Fsp3) is 0.0833. The summed E-state index contributed by atoms with van der Waals surface area (Å²) in [5, 5.41) is 0. The molecule has 0 fully saturated rings. The van der Waals surface area contributed by atoms with E-state index in [-0.39, 0.29) is 16.8 Å². The Morgan fingerprint density at radius 3 is 0.719 bits per heavy atom. The number of aromatic nitrogens is 4. The van der Waals surface area contributed by atoms with Crippen molar-refractivity contribution in [2.24, 2.45) is 0 Å². The van der Waals surface area contributed by atoms with Crippen LogP contribution < -0.4 is 18.9 Å². The predicted octanol–water partition coefficient (Wildman–Crippen LogP) is 11.4. The van der Waals surface area contributed by atoms with Gasteiger partial charge in [-0.2, -0.15) is 0 Å². The predicted molar refractivity (Wildman–Crippen MR) is 227 cm³/mol. The average Bonchev–Trinajstić information content (AvgIpc) is 4.10. The molecule has 9 heteroatoms. The maximum Gasteiger partial charge on any atom is 3.00 e. The van der Waals surface area contributed by atoms with E-state index in [1.54, 1.807) is 28.4 Å². The Labute approximate surface area is 340 Å². The van der Waals surface area contributed by atoms with E-state index >= 15 is 0 Å². The normalized spacial score (nSPS) is 11.6. The van der Waals surface area contributed by atoms with Crippen molar-refractivity contribution in [2.75, 3.05) is 28.4 Å². The second-order valence-electron chi connectivity index (χ2n) is 13.4. The summed E-state index contributed by atoms with van der Waals surface area (Å²) >= 11 is 0. The van der Waals surface area contributed by atoms with Crippen LogP contribution in [0.3, 0.4) is 0 Å². The van der Waals surface area contributed by atoms with Crippen LogP contribution in [0.15, 0.2) is 121 Å². The van der Waals surface area contributed by atoms with Crippen LogP contribution in [0.25, 0.3) is 90.9 Å². The quantitative estimate of drug-likeness (QED) is 0.159. The van der Waals surface area contributed by atoms with Crippen molar-refractivity contribution in [1.82, 2.24) is 19.9 Å². The van der Waals surface area contributed by atoms with E-state index in [1.165, 1.54) is 0 Å². The zero-order valence-corrected chi connectivity index (χ0v) is 32.8. The van der Waals surface area contributed by atoms with E-state index in [0.717, 1.165) is 112 Å². The number of nitrogens with zero attached hydrogens (tertiary/aromatic N) is 2. The van der Waals surface area contributed by atoms with Crippen LogP contribution in [-0.2, 0) is 16.8 Å². The van der Waals surface area contributed by atoms with Crippen LogP contribution in [-0.4, -0.2) is 48.4 Å². The van der Waals surface area contributed by atoms with Gasteiger partial charge in [-0.3, -0.25) is 0 Å². The molecular weight excluding hydrogens is 755 g/mol. The number of nitrogens with one attached hydrogen (secondary N) is 2. The minimum absolute atomic E-state index is 0. The van der Waals surface area contributed by atoms with Gasteiger partial charge in [-0.05, 0) is 119 Å². The molecule has 57 heavy (non-hydrogen) atoms. The largest absolute Gasteiger partial charge is 3.00 e. The molecular formula is C48H38CoN4O4+3. The van der Waals surface area contributed by atoms with Gasteiger partial charge in [0.05, 0.1) is 51.2 Å². The number of rotatable bonds is 8. The van der Waals surface area contributed by atoms with Crippen molar-refractivity contribution in [3.8, 4) is 67.5 Å². The van der Waals surface area contributed by atoms with E-state index in [9.17, 15) is 0 Å². The molecule has 2 aliphatic rings. The van der Waals surface area contributed by atoms with Gasteiger partial charge < -0.3 is 28.9 Å². The Bertz CT molecular complexity index is 2440. The molecule has 8 bridgehead atoms. The molecule has 280 valence electrons. The van der Waals surface area contributed by atoms with Crippen molar-refractivity contribution in [1.29, 1.82) is 0 Å². The number of aromatic amines is 2. The Morgan fingerprint density at radius 1 is 0.316 bits per heavy atom. The molecule has 0 amide bonds. The molecule has 9 rings (SSSR count). The number of methoxy groups -OCH3 is 4. The van der Waals surface area contributed by atoms with Crippen LogP contribution in [0.2, 0.25) is 0 Å². The summed E-state index contributed by atoms with van der Waals surface area (Å²) in [4.78, 5) is 18.4. The number of ether oxygens (including phenoxy) is 4. The van der Waals surface area contributed by atoms with Gasteiger partial charge in [0, 0.05) is 44.3 Å². The van der Waals surface area contributed by atoms with E-state index in [1.807, 2.05) is 48.5 Å². The van der Waals surface area contributed by atoms with Crippen LogP contribution in [0.5, 0.6) is 23.0 Å². The summed E-state index contributed by atoms with van der Waals surface area (Å²) in [7, 11) is 6.71. The maximum atomic E-state index is 5.53. The molecule has 0 saturated heterocycles. The molecule has 0 atom stereocenters. The van der Waals surface area contributed by atoms with Gasteiger partial charge in [-0.1, -0.05) is 48.5 Å². The second-order valence-corrected chi connectivity index (χ2v) is 13.4. The molecule has 0 saturated carbocycles. The van der Waals surface area contributed by atoms with Gasteiger partial charge in [0.2, 0.25) is 0 Å². The number of H-pyrrole nitrogens is 2. The van der Waals surface area contributed by atoms with Gasteiger partial charge in [-0.25, -0.2) is 9.97 Å². The van der Waals surface area contributed by atoms with Gasteiger partial charge in [0.25, 0.3) is 0 Å². The SMILES string of the molecule is COc1ccc(-c2c3nc(c(-c4ccc(OC)cc4)c4ccc([nH]4)c(-c4ccc(OC)cc4)c4nc(c(-c5ccc(OC)cc5)c5ccc2[nH]5)C=C4)C=C3)cc1.[Co+3]. The Hall–Kier alpha value is -6.81. The first-order valence-corrected chi connectivity index (χ1v) is 18.3. The molecule has 0 spiro atoms. The minimum Gasteiger partial charge on any atom is -0.497 e. The van der Waals surface area contributed by atoms with Gasteiger partial charge in [0.15, 0.2) is 0 Å². The first kappa shape index (κ1) is 37.1. The summed E-state index contributed by atoms with van der Waals surface area (Å²) in [6.45, 7) is 0. The van der Waals surface area contributed by atoms with Crippen molar-refractivity contribution >= 4 is 46.4 Å². The molecule has 8 nitrogen and oxygen atoms in total. The first-order chi connectivity index (χ1) is 27.5. The van der Waals surface area contributed by atoms with Crippen LogP contribution in [0, 0.1) is 0 Å². The maximum absolute atomic E-state index is 5.53. The van der Waals surface area contributed by atoms with E-state index in [4.69, 9.17) is 28.9 Å². The molecule has 3 aromatic heterocycles. The summed E-state index contributed by atoms with van der Waals surface area (Å²) in [5.41, 5.74) is 14.8. The van der Waals surface area contributed by atoms with Crippen molar-refractivity contribution in [3.63, 3.8) is 0 Å². The molecule has 0 radical (unpaired) electrons. The van der Waals surface area contributed by atoms with Crippen molar-refractivity contribution in [2.45, 2.75) is 0 Å². The molecule has 4 aromatic carbocycles. The van der Waals surface area contributed by atoms with Gasteiger partial charge in [-0.15, -0.1) is 0 Å². The summed E-state index contributed by atoms with van der Waals surface area (Å²) in [5.74, 6) is 3.12. The number of hydrogen-bond donors (Lipinski definition) is 2. The molecule has 5 heterocycles. The third-order valence-corrected chi connectivity index (χ3v) is 10.3. The van der Waals surface area contributed by atoms with Crippen LogP contribution in [0.1, 0.15) is 22.8 Å². The summed E-state index contributed by atoms with van der Waals surface area (Å²) < 4.78 is 22.1. The molecule has 7 aromatic rings. The van der Waals surface area contributed by atoms with E-state index < -0.39 is 0 Å². The van der Waals surface area contributed by atoms with Gasteiger partial charge >= 0.3 is 16.8 Å². The zero-order valence-electron chi connectivity index (χ0n) is 31.7. The number of benzene rings is 4. The standard InChI is InChI=1S/C48H38N4O4.Co/c1-53-33-13-5-29(6-14-33)45-37-21-23-39(49-37)46(30-7-15-34(54-2)16-8-30)41-25-27-43(51-41)48(32-11-19-36(56-4)20-12-32)44-28-26-42(52-44)47(40-24-22-38(45)50-40)31-9-17-35(55-3)18-10-31;/h5-28,49,52H,1-4H3;/q;+3. The number of fused-ring (bicyclic) bond motifs is 8. The van der Waals surface area contributed by atoms with Crippen molar-refractivity contribution < 1.29 is 35.7 Å². The van der Waals surface area contributed by atoms with E-state index in [2.05, 4.69) is 107 Å². The monoisotopic (exact) mass is 793 g/mol. The van der Waals surface area contributed by atoms with Crippen LogP contribution in [0.4, 0.5) is 0 Å². The molecule has 2 aliphatic heterocycles. The second kappa shape index (κ2) is 15.7. The van der Waals surface area contributed by atoms with Gasteiger partial charge in [0.1, 0.15) is 23.0 Å². The average molecular weight is 794 g/mol.